The van der Waals surface area contributed by atoms with Gasteiger partial charge in [-0.15, -0.1) is 0 Å². The molecule has 0 saturated carbocycles. The van der Waals surface area contributed by atoms with Crippen molar-refractivity contribution < 1.29 is 9.53 Å². The Kier molecular flexibility index (Phi) is 2.55. The molecule has 5 heteroatoms. The lowest BCUT2D eigenvalue weighted by Gasteiger charge is -2.00. The first-order valence-corrected chi connectivity index (χ1v) is 3.74. The monoisotopic (exact) mass is 179 g/mol. The number of anilines is 1. The predicted molar refractivity (Wildman–Crippen MR) is 45.9 cm³/mol. The van der Waals surface area contributed by atoms with Gasteiger partial charge >= 0.3 is 5.97 Å². The summed E-state index contributed by atoms with van der Waals surface area (Å²) in [6.07, 6.45) is 1.38. The van der Waals surface area contributed by atoms with Crippen LogP contribution in [0, 0.1) is 11.3 Å². The van der Waals surface area contributed by atoms with Crippen molar-refractivity contribution in [3.63, 3.8) is 0 Å². The fraction of sp³-hybridized carbons (Fsp3) is 0.250. The fourth-order valence-corrected chi connectivity index (χ4v) is 0.951. The van der Waals surface area contributed by atoms with Crippen molar-refractivity contribution in [2.24, 2.45) is 0 Å². The molecule has 0 unspecified atom stereocenters. The third kappa shape index (κ3) is 1.62. The van der Waals surface area contributed by atoms with Crippen molar-refractivity contribution in [2.75, 3.05) is 12.3 Å². The third-order valence-electron chi connectivity index (χ3n) is 1.51. The molecule has 0 aromatic carbocycles. The van der Waals surface area contributed by atoms with E-state index in [0.29, 0.717) is 0 Å². The lowest BCUT2D eigenvalue weighted by atomic mass is 10.2. The van der Waals surface area contributed by atoms with E-state index in [4.69, 9.17) is 15.7 Å². The average molecular weight is 179 g/mol. The molecule has 0 aliphatic rings. The normalized spacial score (nSPS) is 9.23. The minimum Gasteiger partial charge on any atom is -0.462 e. The molecule has 0 amide bonds. The van der Waals surface area contributed by atoms with Crippen molar-refractivity contribution in [3.05, 3.63) is 17.3 Å². The highest BCUT2D eigenvalue weighted by Crippen LogP contribution is 2.16. The number of nitrogens with zero attached hydrogens (tertiary/aromatic N) is 1. The van der Waals surface area contributed by atoms with Crippen LogP contribution >= 0.6 is 0 Å². The Bertz CT molecular complexity index is 362. The molecule has 5 nitrogen and oxygen atoms in total. The van der Waals surface area contributed by atoms with Gasteiger partial charge in [-0.3, -0.25) is 0 Å². The van der Waals surface area contributed by atoms with Crippen LogP contribution in [-0.2, 0) is 4.74 Å². The number of aromatic amines is 1. The van der Waals surface area contributed by atoms with Crippen LogP contribution in [0.3, 0.4) is 0 Å². The molecule has 0 aliphatic carbocycles. The Morgan fingerprint density at radius 1 is 1.85 bits per heavy atom. The number of ether oxygens (including phenoxy) is 1. The van der Waals surface area contributed by atoms with Crippen LogP contribution in [-0.4, -0.2) is 17.6 Å². The van der Waals surface area contributed by atoms with E-state index < -0.39 is 5.97 Å². The number of carbonyl (C=O) groups is 1. The maximum atomic E-state index is 11.2. The van der Waals surface area contributed by atoms with Gasteiger partial charge in [0, 0.05) is 6.20 Å². The summed E-state index contributed by atoms with van der Waals surface area (Å²) in [4.78, 5) is 13.8. The quantitative estimate of drug-likeness (QED) is 0.652. The number of rotatable bonds is 2. The van der Waals surface area contributed by atoms with Crippen LogP contribution in [0.15, 0.2) is 6.20 Å². The van der Waals surface area contributed by atoms with E-state index >= 15 is 0 Å². The number of hydrogen-bond acceptors (Lipinski definition) is 4. The highest BCUT2D eigenvalue weighted by atomic mass is 16.5. The Hall–Kier alpha value is -1.96. The van der Waals surface area contributed by atoms with E-state index in [0.717, 1.165) is 0 Å². The number of nitrogen functional groups attached to an aromatic ring is 1. The van der Waals surface area contributed by atoms with E-state index in [1.807, 2.05) is 6.07 Å². The molecule has 0 radical (unpaired) electrons. The summed E-state index contributed by atoms with van der Waals surface area (Å²) < 4.78 is 4.72. The molecule has 1 aromatic rings. The summed E-state index contributed by atoms with van der Waals surface area (Å²) in [6.45, 7) is 1.95. The molecule has 0 spiro atoms. The molecule has 1 rings (SSSR count). The highest BCUT2D eigenvalue weighted by molar-refractivity contribution is 5.97. The molecular formula is C8H9N3O2. The Balaban J connectivity index is 3.05. The number of aromatic nitrogens is 1. The summed E-state index contributed by atoms with van der Waals surface area (Å²) in [5.74, 6) is -0.409. The Morgan fingerprint density at radius 2 is 2.54 bits per heavy atom. The van der Waals surface area contributed by atoms with E-state index in [9.17, 15) is 4.79 Å². The lowest BCUT2D eigenvalue weighted by molar-refractivity contribution is 0.0527. The molecule has 13 heavy (non-hydrogen) atoms. The maximum absolute atomic E-state index is 11.2. The number of carbonyl (C=O) groups excluding carboxylic acids is 1. The second kappa shape index (κ2) is 3.63. The first-order chi connectivity index (χ1) is 6.20. The van der Waals surface area contributed by atoms with Gasteiger partial charge in [0.05, 0.1) is 12.2 Å². The number of hydrogen-bond donors (Lipinski definition) is 2. The van der Waals surface area contributed by atoms with Gasteiger partial charge in [-0.05, 0) is 6.92 Å². The minimum absolute atomic E-state index is 0.115. The number of esters is 1. The van der Waals surface area contributed by atoms with Crippen LogP contribution in [0.25, 0.3) is 0 Å². The minimum atomic E-state index is -0.571. The molecule has 0 bridgehead atoms. The summed E-state index contributed by atoms with van der Waals surface area (Å²) in [7, 11) is 0. The van der Waals surface area contributed by atoms with Gasteiger partial charge in [0.2, 0.25) is 0 Å². The number of nitrogens with one attached hydrogen (secondary N) is 1. The van der Waals surface area contributed by atoms with E-state index in [1.165, 1.54) is 6.20 Å². The molecule has 3 N–H and O–H groups in total. The Labute approximate surface area is 75.1 Å². The lowest BCUT2D eigenvalue weighted by Crippen LogP contribution is -2.07. The second-order valence-electron chi connectivity index (χ2n) is 2.32. The van der Waals surface area contributed by atoms with Gasteiger partial charge < -0.3 is 15.5 Å². The molecular weight excluding hydrogens is 170 g/mol. The summed E-state index contributed by atoms with van der Waals surface area (Å²) in [6, 6.07) is 1.84. The number of nitrogens with two attached hydrogens (primary N) is 1. The Morgan fingerprint density at radius 3 is 3.08 bits per heavy atom. The molecule has 1 aromatic heterocycles. The molecule has 0 atom stereocenters. The van der Waals surface area contributed by atoms with E-state index in [1.54, 1.807) is 6.92 Å². The van der Waals surface area contributed by atoms with Crippen molar-refractivity contribution >= 4 is 11.8 Å². The third-order valence-corrected chi connectivity index (χ3v) is 1.51. The summed E-state index contributed by atoms with van der Waals surface area (Å²) in [5.41, 5.74) is 5.76. The zero-order valence-electron chi connectivity index (χ0n) is 7.13. The number of nitriles is 1. The van der Waals surface area contributed by atoms with Crippen LogP contribution in [0.2, 0.25) is 0 Å². The first-order valence-electron chi connectivity index (χ1n) is 3.74. The zero-order valence-corrected chi connectivity index (χ0v) is 7.13. The van der Waals surface area contributed by atoms with E-state index in [-0.39, 0.29) is 23.6 Å². The van der Waals surface area contributed by atoms with Gasteiger partial charge in [0.25, 0.3) is 0 Å². The van der Waals surface area contributed by atoms with Gasteiger partial charge in [0.15, 0.2) is 0 Å². The molecule has 68 valence electrons. The van der Waals surface area contributed by atoms with Gasteiger partial charge in [-0.2, -0.15) is 5.26 Å². The van der Waals surface area contributed by atoms with Crippen LogP contribution in [0.1, 0.15) is 22.8 Å². The van der Waals surface area contributed by atoms with Crippen LogP contribution < -0.4 is 5.73 Å². The second-order valence-corrected chi connectivity index (χ2v) is 2.32. The number of H-pyrrole nitrogens is 1. The van der Waals surface area contributed by atoms with Crippen LogP contribution in [0.5, 0.6) is 0 Å². The SMILES string of the molecule is CCOC(=O)c1c(C#N)c[nH]c1N. The topological polar surface area (TPSA) is 91.9 Å². The maximum Gasteiger partial charge on any atom is 0.343 e. The molecule has 1 heterocycles. The van der Waals surface area contributed by atoms with Crippen molar-refractivity contribution in [1.29, 1.82) is 5.26 Å². The standard InChI is InChI=1S/C8H9N3O2/c1-2-13-8(12)6-5(3-9)4-11-7(6)10/h4,11H,2,10H2,1H3. The fourth-order valence-electron chi connectivity index (χ4n) is 0.951. The van der Waals surface area contributed by atoms with Gasteiger partial charge in [-0.1, -0.05) is 0 Å². The predicted octanol–water partition coefficient (Wildman–Crippen LogP) is 0.645. The largest absolute Gasteiger partial charge is 0.462 e. The van der Waals surface area contributed by atoms with Crippen molar-refractivity contribution in [1.82, 2.24) is 4.98 Å². The van der Waals surface area contributed by atoms with Gasteiger partial charge in [0.1, 0.15) is 17.5 Å². The highest BCUT2D eigenvalue weighted by Gasteiger charge is 2.17. The average Bonchev–Trinajstić information content (AvgIpc) is 2.47. The van der Waals surface area contributed by atoms with Crippen molar-refractivity contribution in [3.8, 4) is 6.07 Å². The molecule has 0 aliphatic heterocycles. The molecule has 0 saturated heterocycles. The van der Waals surface area contributed by atoms with Crippen LogP contribution in [0.4, 0.5) is 5.82 Å². The van der Waals surface area contributed by atoms with Gasteiger partial charge in [-0.25, -0.2) is 4.79 Å². The molecule has 0 fully saturated rings. The first kappa shape index (κ1) is 9.13. The smallest absolute Gasteiger partial charge is 0.343 e. The summed E-state index contributed by atoms with van der Waals surface area (Å²) >= 11 is 0. The van der Waals surface area contributed by atoms with Crippen molar-refractivity contribution in [2.45, 2.75) is 6.92 Å². The van der Waals surface area contributed by atoms with E-state index in [2.05, 4.69) is 4.98 Å². The summed E-state index contributed by atoms with van der Waals surface area (Å²) in [5, 5.41) is 8.62. The zero-order chi connectivity index (χ0) is 9.84.